The van der Waals surface area contributed by atoms with Crippen molar-refractivity contribution < 1.29 is 14.1 Å². The lowest BCUT2D eigenvalue weighted by atomic mass is 9.74. The van der Waals surface area contributed by atoms with Crippen LogP contribution in [-0.2, 0) is 12.0 Å². The number of amides is 2. The molecule has 36 heavy (non-hydrogen) atoms. The summed E-state index contributed by atoms with van der Waals surface area (Å²) in [6.07, 6.45) is 1.56. The number of likely N-dealkylation sites (tertiary alicyclic amines) is 1. The van der Waals surface area contributed by atoms with E-state index >= 15 is 0 Å². The number of urea groups is 1. The van der Waals surface area contributed by atoms with Crippen LogP contribution in [0.25, 0.3) is 0 Å². The Morgan fingerprint density at radius 3 is 2.42 bits per heavy atom. The van der Waals surface area contributed by atoms with Crippen LogP contribution in [0.3, 0.4) is 0 Å². The van der Waals surface area contributed by atoms with E-state index < -0.39 is 4.92 Å². The second kappa shape index (κ2) is 9.40. The first-order valence-corrected chi connectivity index (χ1v) is 11.7. The van der Waals surface area contributed by atoms with Crippen LogP contribution in [0.4, 0.5) is 26.2 Å². The van der Waals surface area contributed by atoms with E-state index in [2.05, 4.69) is 16.3 Å². The number of nitro groups is 1. The minimum absolute atomic E-state index is 0.0540. The summed E-state index contributed by atoms with van der Waals surface area (Å²) in [5.74, 6) is -0.328. The van der Waals surface area contributed by atoms with E-state index in [1.165, 1.54) is 30.3 Å². The molecule has 0 aromatic heterocycles. The highest BCUT2D eigenvalue weighted by Gasteiger charge is 2.46. The van der Waals surface area contributed by atoms with Gasteiger partial charge in [0, 0.05) is 42.0 Å². The number of nitriles is 1. The number of benzene rings is 3. The van der Waals surface area contributed by atoms with Crippen LogP contribution >= 0.6 is 0 Å². The van der Waals surface area contributed by atoms with Gasteiger partial charge in [0.25, 0.3) is 5.69 Å². The van der Waals surface area contributed by atoms with Crippen LogP contribution in [-0.4, -0.2) is 35.5 Å². The minimum Gasteiger partial charge on any atom is -0.308 e. The van der Waals surface area contributed by atoms with Crippen molar-refractivity contribution in [1.82, 2.24) is 4.90 Å². The van der Waals surface area contributed by atoms with Crippen molar-refractivity contribution in [3.05, 3.63) is 99.4 Å². The van der Waals surface area contributed by atoms with Crippen molar-refractivity contribution in [1.29, 1.82) is 5.26 Å². The molecule has 0 radical (unpaired) electrons. The molecule has 1 spiro atoms. The average Bonchev–Trinajstić information content (AvgIpc) is 3.19. The second-order valence-corrected chi connectivity index (χ2v) is 9.35. The average molecular weight is 486 g/mol. The molecule has 0 unspecified atom stereocenters. The van der Waals surface area contributed by atoms with Gasteiger partial charge in [0.1, 0.15) is 5.82 Å². The Morgan fingerprint density at radius 2 is 1.78 bits per heavy atom. The Morgan fingerprint density at radius 1 is 1.08 bits per heavy atom. The molecule has 1 fully saturated rings. The molecule has 5 rings (SSSR count). The van der Waals surface area contributed by atoms with E-state index in [0.29, 0.717) is 23.5 Å². The summed E-state index contributed by atoms with van der Waals surface area (Å²) in [5.41, 5.74) is 3.36. The molecule has 2 aliphatic rings. The van der Waals surface area contributed by atoms with E-state index in [1.54, 1.807) is 17.0 Å². The predicted octanol–water partition coefficient (Wildman–Crippen LogP) is 5.19. The summed E-state index contributed by atoms with van der Waals surface area (Å²) in [6.45, 7) is 2.80. The first kappa shape index (κ1) is 23.5. The molecule has 3 aromatic rings. The third kappa shape index (κ3) is 4.51. The van der Waals surface area contributed by atoms with Crippen LogP contribution in [0.5, 0.6) is 0 Å². The molecular formula is C27H24FN5O3. The SMILES string of the molecule is N#Cc1ccc(CN2CCC3(CC2)CN(C(=O)Nc2ccc([N+](=O)[O-])cc2)c2ccc(F)cc23)cc1. The van der Waals surface area contributed by atoms with E-state index in [-0.39, 0.29) is 23.0 Å². The van der Waals surface area contributed by atoms with Gasteiger partial charge in [-0.25, -0.2) is 9.18 Å². The van der Waals surface area contributed by atoms with Gasteiger partial charge in [0.05, 0.1) is 16.6 Å². The van der Waals surface area contributed by atoms with Crippen LogP contribution < -0.4 is 10.2 Å². The van der Waals surface area contributed by atoms with Gasteiger partial charge in [-0.2, -0.15) is 5.26 Å². The molecule has 0 atom stereocenters. The zero-order valence-electron chi connectivity index (χ0n) is 19.5. The first-order valence-electron chi connectivity index (χ1n) is 11.7. The largest absolute Gasteiger partial charge is 0.326 e. The van der Waals surface area contributed by atoms with Crippen molar-refractivity contribution in [2.75, 3.05) is 29.9 Å². The molecule has 182 valence electrons. The van der Waals surface area contributed by atoms with E-state index in [1.807, 2.05) is 24.3 Å². The fraction of sp³-hybridized carbons (Fsp3) is 0.259. The van der Waals surface area contributed by atoms with Gasteiger partial charge in [0.15, 0.2) is 0 Å². The zero-order valence-corrected chi connectivity index (χ0v) is 19.5. The summed E-state index contributed by atoms with van der Waals surface area (Å²) in [5, 5.41) is 22.7. The number of rotatable bonds is 4. The third-order valence-electron chi connectivity index (χ3n) is 7.16. The van der Waals surface area contributed by atoms with E-state index in [0.717, 1.165) is 43.6 Å². The van der Waals surface area contributed by atoms with Gasteiger partial charge >= 0.3 is 6.03 Å². The Labute approximate surface area is 207 Å². The predicted molar refractivity (Wildman–Crippen MR) is 133 cm³/mol. The highest BCUT2D eigenvalue weighted by molar-refractivity contribution is 6.03. The molecule has 2 heterocycles. The number of non-ortho nitro benzene ring substituents is 1. The first-order chi connectivity index (χ1) is 17.4. The highest BCUT2D eigenvalue weighted by Crippen LogP contribution is 2.47. The van der Waals surface area contributed by atoms with Gasteiger partial charge in [-0.15, -0.1) is 0 Å². The molecular weight excluding hydrogens is 461 g/mol. The van der Waals surface area contributed by atoms with Gasteiger partial charge in [-0.3, -0.25) is 19.9 Å². The van der Waals surface area contributed by atoms with Crippen LogP contribution in [0, 0.1) is 27.3 Å². The third-order valence-corrected chi connectivity index (χ3v) is 7.16. The summed E-state index contributed by atoms with van der Waals surface area (Å²) >= 11 is 0. The smallest absolute Gasteiger partial charge is 0.308 e. The topological polar surface area (TPSA) is 103 Å². The monoisotopic (exact) mass is 485 g/mol. The van der Waals surface area contributed by atoms with Gasteiger partial charge < -0.3 is 5.32 Å². The standard InChI is InChI=1S/C27H24FN5O3/c28-21-5-10-25-24(15-21)27(11-13-31(14-12-27)17-20-3-1-19(16-29)2-4-20)18-32(25)26(34)30-22-6-8-23(9-7-22)33(35)36/h1-10,15H,11-14,17-18H2,(H,30,34). The number of carbonyl (C=O) groups excluding carboxylic acids is 1. The van der Waals surface area contributed by atoms with Crippen LogP contribution in [0.2, 0.25) is 0 Å². The number of hydrogen-bond donors (Lipinski definition) is 1. The molecule has 8 nitrogen and oxygen atoms in total. The molecule has 3 aromatic carbocycles. The van der Waals surface area contributed by atoms with Gasteiger partial charge in [-0.1, -0.05) is 12.1 Å². The van der Waals surface area contributed by atoms with Crippen molar-refractivity contribution in [3.63, 3.8) is 0 Å². The molecule has 9 heteroatoms. The van der Waals surface area contributed by atoms with Crippen molar-refractivity contribution in [2.24, 2.45) is 0 Å². The van der Waals surface area contributed by atoms with Crippen LogP contribution in [0.1, 0.15) is 29.5 Å². The van der Waals surface area contributed by atoms with Crippen molar-refractivity contribution in [3.8, 4) is 6.07 Å². The fourth-order valence-electron chi connectivity index (χ4n) is 5.19. The Bertz CT molecular complexity index is 1340. The molecule has 0 saturated carbocycles. The molecule has 0 bridgehead atoms. The maximum Gasteiger partial charge on any atom is 0.326 e. The summed E-state index contributed by atoms with van der Waals surface area (Å²) in [6, 6.07) is 19.6. The Balaban J connectivity index is 1.31. The molecule has 2 amide bonds. The van der Waals surface area contributed by atoms with Crippen LogP contribution in [0.15, 0.2) is 66.7 Å². The lowest BCUT2D eigenvalue weighted by molar-refractivity contribution is -0.384. The lowest BCUT2D eigenvalue weighted by Crippen LogP contribution is -2.46. The molecule has 1 N–H and O–H groups in total. The number of nitrogens with zero attached hydrogens (tertiary/aromatic N) is 4. The maximum absolute atomic E-state index is 14.3. The van der Waals surface area contributed by atoms with Crippen molar-refractivity contribution in [2.45, 2.75) is 24.8 Å². The highest BCUT2D eigenvalue weighted by atomic mass is 19.1. The quantitative estimate of drug-likeness (QED) is 0.405. The second-order valence-electron chi connectivity index (χ2n) is 9.35. The fourth-order valence-corrected chi connectivity index (χ4v) is 5.19. The van der Waals surface area contributed by atoms with Crippen molar-refractivity contribution >= 4 is 23.1 Å². The molecule has 0 aliphatic carbocycles. The zero-order chi connectivity index (χ0) is 25.3. The normalized spacial score (nSPS) is 16.4. The molecule has 1 saturated heterocycles. The Kier molecular flexibility index (Phi) is 6.12. The number of nitro benzene ring substituents is 1. The van der Waals surface area contributed by atoms with E-state index in [9.17, 15) is 19.3 Å². The Hall–Kier alpha value is -4.29. The van der Waals surface area contributed by atoms with Gasteiger partial charge in [-0.05, 0) is 79.5 Å². The number of hydrogen-bond acceptors (Lipinski definition) is 5. The maximum atomic E-state index is 14.3. The van der Waals surface area contributed by atoms with Gasteiger partial charge in [0.2, 0.25) is 0 Å². The number of halogens is 1. The summed E-state index contributed by atoms with van der Waals surface area (Å²) in [4.78, 5) is 27.6. The number of fused-ring (bicyclic) bond motifs is 2. The number of nitrogens with one attached hydrogen (secondary N) is 1. The number of anilines is 2. The number of piperidine rings is 1. The lowest BCUT2D eigenvalue weighted by Gasteiger charge is -2.40. The molecule has 2 aliphatic heterocycles. The van der Waals surface area contributed by atoms with E-state index in [4.69, 9.17) is 5.26 Å². The summed E-state index contributed by atoms with van der Waals surface area (Å²) < 4.78 is 14.3. The summed E-state index contributed by atoms with van der Waals surface area (Å²) in [7, 11) is 0. The number of carbonyl (C=O) groups is 1. The minimum atomic E-state index is -0.492.